The van der Waals surface area contributed by atoms with Gasteiger partial charge in [-0.1, -0.05) is 0 Å². The van der Waals surface area contributed by atoms with Gasteiger partial charge in [0.1, 0.15) is 6.07 Å². The van der Waals surface area contributed by atoms with Gasteiger partial charge in [-0.15, -0.1) is 0 Å². The molecule has 1 atom stereocenters. The molecule has 1 saturated heterocycles. The number of hydrogen-bond donors (Lipinski definition) is 1. The first-order valence-corrected chi connectivity index (χ1v) is 4.42. The van der Waals surface area contributed by atoms with Gasteiger partial charge in [0, 0.05) is 30.8 Å². The summed E-state index contributed by atoms with van der Waals surface area (Å²) in [5.41, 5.74) is 1.42. The molecule has 1 fully saturated rings. The van der Waals surface area contributed by atoms with Crippen LogP contribution >= 0.6 is 0 Å². The van der Waals surface area contributed by atoms with Crippen molar-refractivity contribution in [2.45, 2.75) is 12.3 Å². The molecule has 1 aromatic rings. The summed E-state index contributed by atoms with van der Waals surface area (Å²) in [4.78, 5) is 15.1. The van der Waals surface area contributed by atoms with Crippen LogP contribution in [0.2, 0.25) is 0 Å². The van der Waals surface area contributed by atoms with Gasteiger partial charge in [-0.05, 0) is 12.1 Å². The predicted octanol–water partition coefficient (Wildman–Crippen LogP) is 0.557. The van der Waals surface area contributed by atoms with Gasteiger partial charge in [-0.3, -0.25) is 9.78 Å². The highest BCUT2D eigenvalue weighted by molar-refractivity contribution is 5.79. The van der Waals surface area contributed by atoms with E-state index in [2.05, 4.69) is 10.3 Å². The van der Waals surface area contributed by atoms with Gasteiger partial charge in [0.05, 0.1) is 5.56 Å². The molecule has 1 aromatic heterocycles. The van der Waals surface area contributed by atoms with Crippen molar-refractivity contribution < 1.29 is 4.79 Å². The Morgan fingerprint density at radius 1 is 1.57 bits per heavy atom. The SMILES string of the molecule is N#Cc1ccc(C2CNC(=O)C2)nc1. The fourth-order valence-corrected chi connectivity index (χ4v) is 1.53. The number of nitrogens with zero attached hydrogens (tertiary/aromatic N) is 2. The van der Waals surface area contributed by atoms with Gasteiger partial charge >= 0.3 is 0 Å². The van der Waals surface area contributed by atoms with Gasteiger partial charge < -0.3 is 5.32 Å². The highest BCUT2D eigenvalue weighted by atomic mass is 16.1. The zero-order chi connectivity index (χ0) is 9.97. The third-order valence-electron chi connectivity index (χ3n) is 2.31. The van der Waals surface area contributed by atoms with E-state index in [1.54, 1.807) is 6.07 Å². The first-order valence-electron chi connectivity index (χ1n) is 4.42. The van der Waals surface area contributed by atoms with E-state index in [1.165, 1.54) is 6.20 Å². The van der Waals surface area contributed by atoms with Crippen molar-refractivity contribution in [1.82, 2.24) is 10.3 Å². The van der Waals surface area contributed by atoms with E-state index in [0.29, 0.717) is 18.5 Å². The predicted molar refractivity (Wildman–Crippen MR) is 49.3 cm³/mol. The molecule has 14 heavy (non-hydrogen) atoms. The minimum Gasteiger partial charge on any atom is -0.355 e. The van der Waals surface area contributed by atoms with E-state index < -0.39 is 0 Å². The number of carbonyl (C=O) groups is 1. The average Bonchev–Trinajstić information content (AvgIpc) is 2.65. The number of carbonyl (C=O) groups excluding carboxylic acids is 1. The first kappa shape index (κ1) is 8.70. The Labute approximate surface area is 81.6 Å². The second-order valence-corrected chi connectivity index (χ2v) is 3.29. The van der Waals surface area contributed by atoms with E-state index in [-0.39, 0.29) is 11.8 Å². The number of aromatic nitrogens is 1. The summed E-state index contributed by atoms with van der Waals surface area (Å²) in [7, 11) is 0. The summed E-state index contributed by atoms with van der Waals surface area (Å²) in [6, 6.07) is 5.54. The summed E-state index contributed by atoms with van der Waals surface area (Å²) in [6.07, 6.45) is 2.04. The molecule has 0 saturated carbocycles. The fraction of sp³-hybridized carbons (Fsp3) is 0.300. The van der Waals surface area contributed by atoms with Crippen LogP contribution in [0.25, 0.3) is 0 Å². The first-order chi connectivity index (χ1) is 6.79. The average molecular weight is 187 g/mol. The van der Waals surface area contributed by atoms with E-state index >= 15 is 0 Å². The summed E-state index contributed by atoms with van der Waals surface area (Å²) in [6.45, 7) is 0.651. The molecular weight excluding hydrogens is 178 g/mol. The topological polar surface area (TPSA) is 65.8 Å². The van der Waals surface area contributed by atoms with Crippen LogP contribution in [0, 0.1) is 11.3 Å². The maximum Gasteiger partial charge on any atom is 0.220 e. The molecule has 0 aliphatic carbocycles. The van der Waals surface area contributed by atoms with Crippen LogP contribution < -0.4 is 5.32 Å². The van der Waals surface area contributed by atoms with Crippen molar-refractivity contribution in [2.24, 2.45) is 0 Å². The standard InChI is InChI=1S/C10H9N3O/c11-4-7-1-2-9(12-5-7)8-3-10(14)13-6-8/h1-2,5,8H,3,6H2,(H,13,14). The zero-order valence-corrected chi connectivity index (χ0v) is 7.53. The van der Waals surface area contributed by atoms with Crippen LogP contribution in [0.5, 0.6) is 0 Å². The Morgan fingerprint density at radius 3 is 2.93 bits per heavy atom. The number of nitrogens with one attached hydrogen (secondary N) is 1. The third-order valence-corrected chi connectivity index (χ3v) is 2.31. The molecule has 1 aliphatic heterocycles. The highest BCUT2D eigenvalue weighted by Crippen LogP contribution is 2.20. The lowest BCUT2D eigenvalue weighted by Crippen LogP contribution is -2.13. The Morgan fingerprint density at radius 2 is 2.43 bits per heavy atom. The van der Waals surface area contributed by atoms with Gasteiger partial charge in [0.15, 0.2) is 0 Å². The molecule has 1 amide bonds. The van der Waals surface area contributed by atoms with E-state index in [9.17, 15) is 4.79 Å². The molecule has 4 nitrogen and oxygen atoms in total. The third kappa shape index (κ3) is 1.57. The van der Waals surface area contributed by atoms with Crippen molar-refractivity contribution >= 4 is 5.91 Å². The summed E-state index contributed by atoms with van der Waals surface area (Å²) in [5.74, 6) is 0.233. The summed E-state index contributed by atoms with van der Waals surface area (Å²) >= 11 is 0. The van der Waals surface area contributed by atoms with Crippen molar-refractivity contribution in [3.05, 3.63) is 29.6 Å². The summed E-state index contributed by atoms with van der Waals surface area (Å²) in [5, 5.41) is 11.3. The Hall–Kier alpha value is -1.89. The smallest absolute Gasteiger partial charge is 0.220 e. The normalized spacial score (nSPS) is 20.2. The van der Waals surface area contributed by atoms with Crippen LogP contribution in [0.4, 0.5) is 0 Å². The van der Waals surface area contributed by atoms with Crippen LogP contribution in [0.1, 0.15) is 23.6 Å². The molecule has 4 heteroatoms. The largest absolute Gasteiger partial charge is 0.355 e. The van der Waals surface area contributed by atoms with Crippen molar-refractivity contribution in [3.63, 3.8) is 0 Å². The maximum atomic E-state index is 11.0. The second kappa shape index (κ2) is 3.46. The van der Waals surface area contributed by atoms with Crippen LogP contribution in [0.15, 0.2) is 18.3 Å². The molecule has 1 unspecified atom stereocenters. The molecule has 70 valence electrons. The Bertz CT molecular complexity index is 391. The monoisotopic (exact) mass is 187 g/mol. The molecule has 0 spiro atoms. The van der Waals surface area contributed by atoms with Crippen molar-refractivity contribution in [2.75, 3.05) is 6.54 Å². The van der Waals surface area contributed by atoms with Gasteiger partial charge in [0.25, 0.3) is 0 Å². The molecule has 0 bridgehead atoms. The molecule has 2 heterocycles. The molecular formula is C10H9N3O. The number of pyridine rings is 1. The quantitative estimate of drug-likeness (QED) is 0.698. The number of amides is 1. The molecule has 1 aliphatic rings. The zero-order valence-electron chi connectivity index (χ0n) is 7.53. The van der Waals surface area contributed by atoms with E-state index in [0.717, 1.165) is 5.69 Å². The highest BCUT2D eigenvalue weighted by Gasteiger charge is 2.23. The minimum atomic E-state index is 0.0705. The lowest BCUT2D eigenvalue weighted by atomic mass is 10.0. The van der Waals surface area contributed by atoms with Gasteiger partial charge in [-0.2, -0.15) is 5.26 Å². The van der Waals surface area contributed by atoms with Crippen molar-refractivity contribution in [1.29, 1.82) is 5.26 Å². The molecule has 0 aromatic carbocycles. The lowest BCUT2D eigenvalue weighted by molar-refractivity contribution is -0.119. The van der Waals surface area contributed by atoms with E-state index in [1.807, 2.05) is 12.1 Å². The molecule has 0 radical (unpaired) electrons. The van der Waals surface area contributed by atoms with Crippen molar-refractivity contribution in [3.8, 4) is 6.07 Å². The van der Waals surface area contributed by atoms with Crippen LogP contribution in [0.3, 0.4) is 0 Å². The number of rotatable bonds is 1. The van der Waals surface area contributed by atoms with E-state index in [4.69, 9.17) is 5.26 Å². The van der Waals surface area contributed by atoms with Crippen LogP contribution in [-0.2, 0) is 4.79 Å². The second-order valence-electron chi connectivity index (χ2n) is 3.29. The van der Waals surface area contributed by atoms with Gasteiger partial charge in [-0.25, -0.2) is 0 Å². The van der Waals surface area contributed by atoms with Crippen LogP contribution in [-0.4, -0.2) is 17.4 Å². The minimum absolute atomic E-state index is 0.0705. The number of nitriles is 1. The lowest BCUT2D eigenvalue weighted by Gasteiger charge is -2.05. The fourth-order valence-electron chi connectivity index (χ4n) is 1.53. The molecule has 2 rings (SSSR count). The van der Waals surface area contributed by atoms with Gasteiger partial charge in [0.2, 0.25) is 5.91 Å². The Kier molecular flexibility index (Phi) is 2.15. The summed E-state index contributed by atoms with van der Waals surface area (Å²) < 4.78 is 0. The molecule has 1 N–H and O–H groups in total. The maximum absolute atomic E-state index is 11.0. The number of hydrogen-bond acceptors (Lipinski definition) is 3. The Balaban J connectivity index is 2.18.